The molecule has 1 fully saturated rings. The molecule has 4 rings (SSSR count). The van der Waals surface area contributed by atoms with Crippen molar-refractivity contribution in [3.8, 4) is 0 Å². The van der Waals surface area contributed by atoms with Crippen LogP contribution in [0.2, 0.25) is 5.02 Å². The summed E-state index contributed by atoms with van der Waals surface area (Å²) in [5.41, 5.74) is 4.42. The number of anilines is 1. The zero-order valence-electron chi connectivity index (χ0n) is 14.9. The summed E-state index contributed by atoms with van der Waals surface area (Å²) >= 11 is 5.76. The monoisotopic (exact) mass is 400 g/mol. The van der Waals surface area contributed by atoms with Gasteiger partial charge in [-0.1, -0.05) is 17.7 Å². The fourth-order valence-electron chi connectivity index (χ4n) is 3.14. The number of nitrogens with zero attached hydrogens (tertiary/aromatic N) is 3. The number of hydrogen-bond donors (Lipinski definition) is 1. The Morgan fingerprint density at radius 1 is 1.00 bits per heavy atom. The Hall–Kier alpha value is -3.39. The summed E-state index contributed by atoms with van der Waals surface area (Å²) < 4.78 is 16.4. The minimum absolute atomic E-state index is 0.0827. The van der Waals surface area contributed by atoms with Crippen molar-refractivity contribution in [2.75, 3.05) is 5.01 Å². The molecule has 0 aliphatic carbocycles. The summed E-state index contributed by atoms with van der Waals surface area (Å²) in [7, 11) is 3.32. The highest BCUT2D eigenvalue weighted by Crippen LogP contribution is 2.26. The Balaban J connectivity index is 1.73. The number of nitrogens with one attached hydrogen (secondary N) is 1. The van der Waals surface area contributed by atoms with Gasteiger partial charge in [0.2, 0.25) is 0 Å². The molecular formula is C19H14ClFN4O3. The third-order valence-corrected chi connectivity index (χ3v) is 4.95. The predicted octanol–water partition coefficient (Wildman–Crippen LogP) is 2.13. The number of carbonyl (C=O) groups is 2. The largest absolute Gasteiger partial charge is 0.328 e. The fourth-order valence-corrected chi connectivity index (χ4v) is 3.32. The maximum absolute atomic E-state index is 13.4. The minimum Gasteiger partial charge on any atom is -0.295 e. The summed E-state index contributed by atoms with van der Waals surface area (Å²) in [6.45, 7) is 0. The number of aromatic nitrogens is 2. The maximum atomic E-state index is 13.4. The molecular weight excluding hydrogens is 387 g/mol. The Kier molecular flexibility index (Phi) is 4.08. The van der Waals surface area contributed by atoms with Crippen molar-refractivity contribution in [1.29, 1.82) is 0 Å². The molecule has 0 spiro atoms. The highest BCUT2D eigenvalue weighted by molar-refractivity contribution is 6.33. The van der Waals surface area contributed by atoms with E-state index >= 15 is 0 Å². The lowest BCUT2D eigenvalue weighted by molar-refractivity contribution is -0.117. The summed E-state index contributed by atoms with van der Waals surface area (Å²) in [6, 6.07) is 8.90. The molecule has 7 nitrogen and oxygen atoms in total. The van der Waals surface area contributed by atoms with Crippen molar-refractivity contribution < 1.29 is 14.0 Å². The van der Waals surface area contributed by atoms with Gasteiger partial charge in [0.05, 0.1) is 21.7 Å². The van der Waals surface area contributed by atoms with Crippen LogP contribution in [0.15, 0.2) is 46.8 Å². The zero-order chi connectivity index (χ0) is 20.2. The van der Waals surface area contributed by atoms with Crippen molar-refractivity contribution in [2.45, 2.75) is 0 Å². The molecule has 3 aromatic rings. The van der Waals surface area contributed by atoms with E-state index in [0.717, 1.165) is 16.6 Å². The molecule has 9 heteroatoms. The zero-order valence-corrected chi connectivity index (χ0v) is 15.6. The number of halogens is 2. The quantitative estimate of drug-likeness (QED) is 0.529. The lowest BCUT2D eigenvalue weighted by Gasteiger charge is -2.14. The molecule has 1 aliphatic heterocycles. The Bertz CT molecular complexity index is 1260. The van der Waals surface area contributed by atoms with Crippen LogP contribution in [0, 0.1) is 5.82 Å². The number of rotatable bonds is 2. The first-order valence-corrected chi connectivity index (χ1v) is 8.63. The van der Waals surface area contributed by atoms with E-state index in [-0.39, 0.29) is 22.0 Å². The van der Waals surface area contributed by atoms with Crippen molar-refractivity contribution in [3.05, 3.63) is 68.9 Å². The van der Waals surface area contributed by atoms with Gasteiger partial charge < -0.3 is 0 Å². The van der Waals surface area contributed by atoms with Crippen LogP contribution in [0.1, 0.15) is 5.56 Å². The van der Waals surface area contributed by atoms with E-state index in [2.05, 4.69) is 5.43 Å². The first-order valence-electron chi connectivity index (χ1n) is 8.25. The summed E-state index contributed by atoms with van der Waals surface area (Å²) in [5, 5.41) is 0.850. The topological polar surface area (TPSA) is 76.3 Å². The van der Waals surface area contributed by atoms with Gasteiger partial charge in [0.1, 0.15) is 11.4 Å². The van der Waals surface area contributed by atoms with Gasteiger partial charge in [0, 0.05) is 14.1 Å². The number of benzene rings is 2. The van der Waals surface area contributed by atoms with Gasteiger partial charge in [0.25, 0.3) is 11.8 Å². The Morgan fingerprint density at radius 3 is 2.43 bits per heavy atom. The van der Waals surface area contributed by atoms with Gasteiger partial charge in [0.15, 0.2) is 0 Å². The lowest BCUT2D eigenvalue weighted by Crippen LogP contribution is -2.35. The van der Waals surface area contributed by atoms with Crippen molar-refractivity contribution in [1.82, 2.24) is 14.6 Å². The van der Waals surface area contributed by atoms with E-state index in [1.165, 1.54) is 27.3 Å². The molecule has 1 saturated heterocycles. The second-order valence-electron chi connectivity index (χ2n) is 6.39. The molecule has 2 aromatic carbocycles. The van der Waals surface area contributed by atoms with Crippen LogP contribution >= 0.6 is 11.6 Å². The number of hydrazine groups is 1. The molecule has 2 heterocycles. The SMILES string of the molecule is Cn1c(=O)n(C)c2cc(/C=C3/C(=O)NN(c4ccc(F)c(Cl)c4)C3=O)ccc21. The Morgan fingerprint density at radius 2 is 1.71 bits per heavy atom. The molecule has 1 N–H and O–H groups in total. The average molecular weight is 401 g/mol. The molecule has 0 atom stereocenters. The maximum Gasteiger partial charge on any atom is 0.328 e. The van der Waals surface area contributed by atoms with Crippen LogP contribution in [0.3, 0.4) is 0 Å². The lowest BCUT2D eigenvalue weighted by atomic mass is 10.1. The number of imidazole rings is 1. The molecule has 142 valence electrons. The van der Waals surface area contributed by atoms with Crippen molar-refractivity contribution in [2.24, 2.45) is 14.1 Å². The number of fused-ring (bicyclic) bond motifs is 1. The van der Waals surface area contributed by atoms with Crippen molar-refractivity contribution >= 4 is 46.2 Å². The Labute approximate surface area is 163 Å². The molecule has 1 aliphatic rings. The van der Waals surface area contributed by atoms with Crippen LogP contribution < -0.4 is 16.1 Å². The molecule has 0 saturated carbocycles. The minimum atomic E-state index is -0.624. The van der Waals surface area contributed by atoms with Crippen LogP contribution in [-0.4, -0.2) is 20.9 Å². The molecule has 28 heavy (non-hydrogen) atoms. The number of amides is 2. The fraction of sp³-hybridized carbons (Fsp3) is 0.105. The van der Waals surface area contributed by atoms with E-state index in [0.29, 0.717) is 11.1 Å². The molecule has 0 bridgehead atoms. The first-order chi connectivity index (χ1) is 13.3. The summed E-state index contributed by atoms with van der Waals surface area (Å²) in [4.78, 5) is 37.0. The van der Waals surface area contributed by atoms with Crippen LogP contribution in [0.5, 0.6) is 0 Å². The van der Waals surface area contributed by atoms with Gasteiger partial charge in [-0.05, 0) is 42.0 Å². The third kappa shape index (κ3) is 2.69. The smallest absolute Gasteiger partial charge is 0.295 e. The summed E-state index contributed by atoms with van der Waals surface area (Å²) in [5.74, 6) is -1.80. The van der Waals surface area contributed by atoms with Crippen LogP contribution in [0.4, 0.5) is 10.1 Å². The normalized spacial score (nSPS) is 15.7. The van der Waals surface area contributed by atoms with Gasteiger partial charge >= 0.3 is 5.69 Å². The third-order valence-electron chi connectivity index (χ3n) is 4.66. The van der Waals surface area contributed by atoms with E-state index in [1.54, 1.807) is 32.3 Å². The second-order valence-corrected chi connectivity index (χ2v) is 6.79. The standard InChI is InChI=1S/C19H14ClFN4O3/c1-23-15-6-3-10(8-16(15)24(2)19(23)28)7-12-17(26)22-25(18(12)27)11-4-5-14(21)13(20)9-11/h3-9H,1-2H3,(H,22,26)/b12-7-. The highest BCUT2D eigenvalue weighted by atomic mass is 35.5. The van der Waals surface area contributed by atoms with E-state index in [9.17, 15) is 18.8 Å². The highest BCUT2D eigenvalue weighted by Gasteiger charge is 2.34. The second kappa shape index (κ2) is 6.35. The molecule has 0 radical (unpaired) electrons. The average Bonchev–Trinajstić information content (AvgIpc) is 3.07. The molecule has 2 amide bonds. The van der Waals surface area contributed by atoms with Gasteiger partial charge in [-0.3, -0.25) is 24.1 Å². The van der Waals surface area contributed by atoms with Gasteiger partial charge in [-0.25, -0.2) is 14.2 Å². The van der Waals surface area contributed by atoms with Gasteiger partial charge in [-0.15, -0.1) is 0 Å². The molecule has 1 aromatic heterocycles. The number of carbonyl (C=O) groups excluding carboxylic acids is 2. The van der Waals surface area contributed by atoms with Crippen molar-refractivity contribution in [3.63, 3.8) is 0 Å². The molecule has 0 unspecified atom stereocenters. The summed E-state index contributed by atoms with van der Waals surface area (Å²) in [6.07, 6.45) is 1.44. The first kappa shape index (κ1) is 18.0. The van der Waals surface area contributed by atoms with E-state index in [1.807, 2.05) is 0 Å². The predicted molar refractivity (Wildman–Crippen MR) is 103 cm³/mol. The number of aryl methyl sites for hydroxylation is 2. The van der Waals surface area contributed by atoms with Crippen LogP contribution in [-0.2, 0) is 23.7 Å². The number of hydrogen-bond acceptors (Lipinski definition) is 3. The van der Waals surface area contributed by atoms with E-state index < -0.39 is 17.6 Å². The van der Waals surface area contributed by atoms with Gasteiger partial charge in [-0.2, -0.15) is 0 Å². The van der Waals surface area contributed by atoms with E-state index in [4.69, 9.17) is 11.6 Å². The van der Waals surface area contributed by atoms with Crippen LogP contribution in [0.25, 0.3) is 17.1 Å².